The molecule has 0 unspecified atom stereocenters. The van der Waals surface area contributed by atoms with Gasteiger partial charge in [-0.3, -0.25) is 9.78 Å². The summed E-state index contributed by atoms with van der Waals surface area (Å²) in [5, 5.41) is 2.49. The number of hydrogen-bond donors (Lipinski definition) is 2. The van der Waals surface area contributed by atoms with Gasteiger partial charge in [0.05, 0.1) is 35.5 Å². The number of carbonyl (C=O) groups excluding carboxylic acids is 1. The van der Waals surface area contributed by atoms with Crippen LogP contribution in [0.3, 0.4) is 0 Å². The quantitative estimate of drug-likeness (QED) is 0.434. The number of imidazole rings is 1. The molecule has 4 rings (SSSR count). The highest BCUT2D eigenvalue weighted by atomic mass is 19.4. The molecule has 0 aliphatic heterocycles. The van der Waals surface area contributed by atoms with Gasteiger partial charge in [0.15, 0.2) is 0 Å². The van der Waals surface area contributed by atoms with Crippen molar-refractivity contribution in [2.24, 2.45) is 0 Å². The van der Waals surface area contributed by atoms with E-state index in [1.54, 1.807) is 17.7 Å². The molecule has 0 saturated carbocycles. The van der Waals surface area contributed by atoms with E-state index in [4.69, 9.17) is 5.73 Å². The number of carbonyl (C=O) groups is 1. The monoisotopic (exact) mass is 477 g/mol. The largest absolute Gasteiger partial charge is 0.416 e. The zero-order chi connectivity index (χ0) is 25.0. The highest BCUT2D eigenvalue weighted by Gasteiger charge is 2.33. The number of nitrogens with zero attached hydrogens (tertiary/aromatic N) is 5. The summed E-state index contributed by atoms with van der Waals surface area (Å²) in [6.45, 7) is 1.74. The van der Waals surface area contributed by atoms with Crippen LogP contribution in [0.1, 0.15) is 38.4 Å². The molecule has 0 radical (unpaired) electrons. The number of aromatic nitrogens is 5. The van der Waals surface area contributed by atoms with Crippen molar-refractivity contribution in [1.82, 2.24) is 24.5 Å². The molecule has 3 N–H and O–H groups in total. The van der Waals surface area contributed by atoms with Crippen LogP contribution in [0.2, 0.25) is 0 Å². The molecule has 0 atom stereocenters. The summed E-state index contributed by atoms with van der Waals surface area (Å²) in [6.07, 6.45) is 4.03. The van der Waals surface area contributed by atoms with Gasteiger partial charge in [-0.15, -0.1) is 0 Å². The van der Waals surface area contributed by atoms with Gasteiger partial charge in [0.25, 0.3) is 5.91 Å². The third-order valence-electron chi connectivity index (χ3n) is 4.80. The third kappa shape index (κ3) is 6.00. The zero-order valence-electron chi connectivity index (χ0n) is 18.3. The second-order valence-electron chi connectivity index (χ2n) is 7.55. The molecule has 8 nitrogen and oxygen atoms in total. The molecule has 0 aliphatic carbocycles. The van der Waals surface area contributed by atoms with Gasteiger partial charge in [0.2, 0.25) is 0 Å². The Morgan fingerprint density at radius 1 is 1.09 bits per heavy atom. The number of amides is 1. The highest BCUT2D eigenvalue weighted by molar-refractivity contribution is 6.04. The van der Waals surface area contributed by atoms with Gasteiger partial charge in [-0.1, -0.05) is 12.0 Å². The van der Waals surface area contributed by atoms with E-state index in [1.807, 2.05) is 0 Å². The van der Waals surface area contributed by atoms with Crippen LogP contribution in [0.5, 0.6) is 0 Å². The predicted octanol–water partition coefficient (Wildman–Crippen LogP) is 3.68. The van der Waals surface area contributed by atoms with Crippen molar-refractivity contribution in [3.8, 4) is 11.8 Å². The molecular formula is C24H18F3N7O. The van der Waals surface area contributed by atoms with Crippen molar-refractivity contribution in [1.29, 1.82) is 0 Å². The number of nitrogen functional groups attached to an aromatic ring is 1. The van der Waals surface area contributed by atoms with E-state index < -0.39 is 17.6 Å². The molecule has 1 aromatic carbocycles. The molecule has 0 saturated heterocycles. The Bertz CT molecular complexity index is 1430. The molecule has 0 bridgehead atoms. The Labute approximate surface area is 198 Å². The normalized spacial score (nSPS) is 11.0. The van der Waals surface area contributed by atoms with Crippen molar-refractivity contribution < 1.29 is 18.0 Å². The summed E-state index contributed by atoms with van der Waals surface area (Å²) in [5.41, 5.74) is 6.32. The Hall–Kier alpha value is -4.72. The van der Waals surface area contributed by atoms with Crippen LogP contribution in [-0.2, 0) is 12.7 Å². The first-order chi connectivity index (χ1) is 16.7. The number of benzene rings is 1. The number of anilines is 2. The van der Waals surface area contributed by atoms with Gasteiger partial charge in [-0.2, -0.15) is 13.2 Å². The Kier molecular flexibility index (Phi) is 6.46. The minimum Gasteiger partial charge on any atom is -0.382 e. The fraction of sp³-hybridized carbons (Fsp3) is 0.125. The van der Waals surface area contributed by atoms with Gasteiger partial charge >= 0.3 is 6.18 Å². The van der Waals surface area contributed by atoms with E-state index in [9.17, 15) is 18.0 Å². The van der Waals surface area contributed by atoms with Gasteiger partial charge in [-0.05, 0) is 36.6 Å². The fourth-order valence-corrected chi connectivity index (χ4v) is 3.19. The molecule has 4 aromatic rings. The number of hydrogen-bond acceptors (Lipinski definition) is 6. The van der Waals surface area contributed by atoms with Crippen LogP contribution in [0, 0.1) is 18.8 Å². The Balaban J connectivity index is 1.53. The average Bonchev–Trinajstić information content (AvgIpc) is 3.23. The lowest BCUT2D eigenvalue weighted by molar-refractivity contribution is -0.138. The molecule has 176 valence electrons. The van der Waals surface area contributed by atoms with Crippen LogP contribution in [-0.4, -0.2) is 30.4 Å². The van der Waals surface area contributed by atoms with Crippen LogP contribution in [0.4, 0.5) is 24.7 Å². The minimum atomic E-state index is -4.60. The molecule has 0 spiro atoms. The fourth-order valence-electron chi connectivity index (χ4n) is 3.19. The molecule has 35 heavy (non-hydrogen) atoms. The standard InChI is InChI=1S/C24H18F3N7O/c1-15-12-34(14-32-15)13-17-3-5-19(7-21(17)24(25,26)27)33-23(35)18-6-16(8-29-9-18)2-4-20-10-31-22(28)11-30-20/h3,5-12,14H,13H2,1H3,(H2,28,31)(H,33,35). The van der Waals surface area contributed by atoms with E-state index in [1.165, 1.54) is 49.3 Å². The van der Waals surface area contributed by atoms with Crippen molar-refractivity contribution in [2.75, 3.05) is 11.1 Å². The maximum atomic E-state index is 13.7. The Morgan fingerprint density at radius 2 is 1.91 bits per heavy atom. The van der Waals surface area contributed by atoms with Crippen molar-refractivity contribution in [3.63, 3.8) is 0 Å². The smallest absolute Gasteiger partial charge is 0.382 e. The van der Waals surface area contributed by atoms with Crippen LogP contribution in [0.15, 0.2) is 61.6 Å². The summed E-state index contributed by atoms with van der Waals surface area (Å²) >= 11 is 0. The van der Waals surface area contributed by atoms with E-state index >= 15 is 0 Å². The Morgan fingerprint density at radius 3 is 2.60 bits per heavy atom. The topological polar surface area (TPSA) is 112 Å². The van der Waals surface area contributed by atoms with E-state index in [-0.39, 0.29) is 29.2 Å². The first-order valence-electron chi connectivity index (χ1n) is 10.2. The van der Waals surface area contributed by atoms with Gasteiger partial charge in [-0.25, -0.2) is 15.0 Å². The van der Waals surface area contributed by atoms with Crippen LogP contribution >= 0.6 is 0 Å². The molecule has 1 amide bonds. The molecule has 0 fully saturated rings. The highest BCUT2D eigenvalue weighted by Crippen LogP contribution is 2.34. The first kappa shape index (κ1) is 23.4. The number of pyridine rings is 1. The van der Waals surface area contributed by atoms with Crippen molar-refractivity contribution in [2.45, 2.75) is 19.6 Å². The first-order valence-corrected chi connectivity index (χ1v) is 10.2. The SMILES string of the molecule is Cc1cn(Cc2ccc(NC(=O)c3cncc(C#Cc4cnc(N)cn4)c3)cc2C(F)(F)F)cn1. The summed E-state index contributed by atoms with van der Waals surface area (Å²) in [7, 11) is 0. The lowest BCUT2D eigenvalue weighted by Gasteiger charge is -2.15. The maximum absolute atomic E-state index is 13.7. The molecule has 3 aromatic heterocycles. The number of alkyl halides is 3. The van der Waals surface area contributed by atoms with Crippen molar-refractivity contribution >= 4 is 17.4 Å². The molecule has 0 aliphatic rings. The van der Waals surface area contributed by atoms with E-state index in [2.05, 4.69) is 37.1 Å². The number of nitrogens with one attached hydrogen (secondary N) is 1. The maximum Gasteiger partial charge on any atom is 0.416 e. The summed E-state index contributed by atoms with van der Waals surface area (Å²) in [6, 6.07) is 5.14. The number of rotatable bonds is 4. The molecule has 3 heterocycles. The van der Waals surface area contributed by atoms with Crippen molar-refractivity contribution in [3.05, 3.63) is 95.2 Å². The van der Waals surface area contributed by atoms with Gasteiger partial charge in [0.1, 0.15) is 11.5 Å². The van der Waals surface area contributed by atoms with Gasteiger partial charge in [0, 0.05) is 36.4 Å². The third-order valence-corrected chi connectivity index (χ3v) is 4.80. The average molecular weight is 477 g/mol. The molecule has 11 heteroatoms. The van der Waals surface area contributed by atoms with Crippen LogP contribution in [0.25, 0.3) is 0 Å². The lowest BCUT2D eigenvalue weighted by Crippen LogP contribution is -2.15. The number of aryl methyl sites for hydroxylation is 1. The summed E-state index contributed by atoms with van der Waals surface area (Å²) < 4.78 is 42.7. The van der Waals surface area contributed by atoms with Gasteiger partial charge < -0.3 is 15.6 Å². The van der Waals surface area contributed by atoms with E-state index in [0.717, 1.165) is 6.07 Å². The summed E-state index contributed by atoms with van der Waals surface area (Å²) in [4.78, 5) is 28.6. The number of halogens is 3. The van der Waals surface area contributed by atoms with E-state index in [0.29, 0.717) is 17.0 Å². The minimum absolute atomic E-state index is 0.00141. The molecular weight excluding hydrogens is 459 g/mol. The predicted molar refractivity (Wildman–Crippen MR) is 122 cm³/mol. The number of nitrogens with two attached hydrogens (primary N) is 1. The zero-order valence-corrected chi connectivity index (χ0v) is 18.3. The van der Waals surface area contributed by atoms with Crippen LogP contribution < -0.4 is 11.1 Å². The second-order valence-corrected chi connectivity index (χ2v) is 7.55. The second kappa shape index (κ2) is 9.64. The summed E-state index contributed by atoms with van der Waals surface area (Å²) in [5.74, 6) is 5.22. The lowest BCUT2D eigenvalue weighted by atomic mass is 10.1.